The van der Waals surface area contributed by atoms with Gasteiger partial charge in [0.05, 0.1) is 30.6 Å². The highest BCUT2D eigenvalue weighted by atomic mass is 35.5. The van der Waals surface area contributed by atoms with Crippen LogP contribution in [0, 0.1) is 17.3 Å². The number of benzene rings is 1. The first-order valence-electron chi connectivity index (χ1n) is 12.0. The number of piperidine rings is 1. The summed E-state index contributed by atoms with van der Waals surface area (Å²) in [5, 5.41) is 10.5. The van der Waals surface area contributed by atoms with Gasteiger partial charge in [-0.05, 0) is 74.5 Å². The molecule has 8 heteroatoms. The zero-order valence-electron chi connectivity index (χ0n) is 20.2. The minimum atomic E-state index is -1.34. The largest absolute Gasteiger partial charge is 0.497 e. The number of likely N-dealkylation sites (tertiary alicyclic amines) is 1. The molecule has 36 heavy (non-hydrogen) atoms. The van der Waals surface area contributed by atoms with E-state index in [1.165, 1.54) is 6.20 Å². The molecule has 1 saturated heterocycles. The Labute approximate surface area is 215 Å². The van der Waals surface area contributed by atoms with Crippen LogP contribution in [0.2, 0.25) is 5.02 Å². The van der Waals surface area contributed by atoms with Crippen LogP contribution in [0.1, 0.15) is 49.4 Å². The summed E-state index contributed by atoms with van der Waals surface area (Å²) in [6.45, 7) is 2.06. The number of halogens is 2. The summed E-state index contributed by atoms with van der Waals surface area (Å²) < 4.78 is 21.0. The summed E-state index contributed by atoms with van der Waals surface area (Å²) in [5.74, 6) is 6.06. The molecule has 0 saturated carbocycles. The average molecular weight is 510 g/mol. The standard InChI is InChI=1S/C28H29ClFN3O3/c1-36-21-4-5-25-22(17-21)27(23(29)19-32-25)24(30)6-9-28(18-26(34)35)10-15-33(16-11-28)14-2-3-20-7-12-31-13-8-20/h4-5,7-8,12-13,17,19,24H,6,9-11,14-16,18H2,1H3,(H,34,35). The van der Waals surface area contributed by atoms with Crippen molar-refractivity contribution in [3.05, 3.63) is 65.1 Å². The van der Waals surface area contributed by atoms with Crippen molar-refractivity contribution in [2.24, 2.45) is 5.41 Å². The molecule has 3 aromatic rings. The lowest BCUT2D eigenvalue weighted by Gasteiger charge is -2.41. The Bertz CT molecular complexity index is 1270. The fourth-order valence-electron chi connectivity index (χ4n) is 4.90. The number of fused-ring (bicyclic) bond motifs is 1. The van der Waals surface area contributed by atoms with E-state index in [9.17, 15) is 9.90 Å². The van der Waals surface area contributed by atoms with Crippen LogP contribution < -0.4 is 4.74 Å². The van der Waals surface area contributed by atoms with Crippen LogP contribution in [0.25, 0.3) is 10.9 Å². The van der Waals surface area contributed by atoms with Crippen LogP contribution in [0.5, 0.6) is 5.75 Å². The van der Waals surface area contributed by atoms with Gasteiger partial charge in [0, 0.05) is 35.1 Å². The van der Waals surface area contributed by atoms with Gasteiger partial charge < -0.3 is 9.84 Å². The second-order valence-corrected chi connectivity index (χ2v) is 9.70. The van der Waals surface area contributed by atoms with Crippen molar-refractivity contribution in [1.29, 1.82) is 0 Å². The number of rotatable bonds is 8. The van der Waals surface area contributed by atoms with Crippen molar-refractivity contribution >= 4 is 28.5 Å². The Hall–Kier alpha value is -3.21. The van der Waals surface area contributed by atoms with Gasteiger partial charge in [0.1, 0.15) is 11.9 Å². The van der Waals surface area contributed by atoms with E-state index in [2.05, 4.69) is 26.7 Å². The number of alkyl halides is 1. The Morgan fingerprint density at radius 3 is 2.72 bits per heavy atom. The van der Waals surface area contributed by atoms with Gasteiger partial charge >= 0.3 is 5.97 Å². The van der Waals surface area contributed by atoms with Gasteiger partial charge in [0.25, 0.3) is 0 Å². The number of pyridine rings is 2. The zero-order chi connectivity index (χ0) is 25.5. The lowest BCUT2D eigenvalue weighted by Crippen LogP contribution is -2.41. The first-order chi connectivity index (χ1) is 17.4. The summed E-state index contributed by atoms with van der Waals surface area (Å²) in [4.78, 5) is 22.2. The fourth-order valence-corrected chi connectivity index (χ4v) is 5.17. The maximum absolute atomic E-state index is 15.7. The first-order valence-corrected chi connectivity index (χ1v) is 12.4. The van der Waals surface area contributed by atoms with Gasteiger partial charge in [-0.25, -0.2) is 4.39 Å². The number of methoxy groups -OCH3 is 1. The van der Waals surface area contributed by atoms with Crippen LogP contribution in [0.15, 0.2) is 48.9 Å². The zero-order valence-corrected chi connectivity index (χ0v) is 21.0. The van der Waals surface area contributed by atoms with Crippen LogP contribution >= 0.6 is 11.6 Å². The van der Waals surface area contributed by atoms with Gasteiger partial charge in [-0.2, -0.15) is 0 Å². The number of carboxylic acids is 1. The van der Waals surface area contributed by atoms with E-state index in [-0.39, 0.29) is 17.9 Å². The minimum absolute atomic E-state index is 0.0227. The molecule has 1 N–H and O–H groups in total. The molecule has 0 aliphatic carbocycles. The molecule has 0 bridgehead atoms. The Morgan fingerprint density at radius 1 is 1.28 bits per heavy atom. The third-order valence-electron chi connectivity index (χ3n) is 6.97. The van der Waals surface area contributed by atoms with Crippen molar-refractivity contribution in [1.82, 2.24) is 14.9 Å². The van der Waals surface area contributed by atoms with E-state index in [1.54, 1.807) is 37.7 Å². The molecule has 1 aliphatic rings. The third-order valence-corrected chi connectivity index (χ3v) is 7.27. The number of hydrogen-bond acceptors (Lipinski definition) is 5. The van der Waals surface area contributed by atoms with Crippen molar-refractivity contribution in [3.63, 3.8) is 0 Å². The molecule has 0 spiro atoms. The molecule has 4 rings (SSSR count). The molecule has 1 aromatic carbocycles. The predicted octanol–water partition coefficient (Wildman–Crippen LogP) is 5.69. The van der Waals surface area contributed by atoms with E-state index in [1.807, 2.05) is 12.1 Å². The van der Waals surface area contributed by atoms with E-state index in [0.717, 1.165) is 18.7 Å². The van der Waals surface area contributed by atoms with E-state index < -0.39 is 17.6 Å². The summed E-state index contributed by atoms with van der Waals surface area (Å²) >= 11 is 6.39. The summed E-state index contributed by atoms with van der Waals surface area (Å²) in [5.41, 5.74) is 1.48. The number of hydrogen-bond donors (Lipinski definition) is 1. The first kappa shape index (κ1) is 25.9. The lowest BCUT2D eigenvalue weighted by atomic mass is 9.71. The predicted molar refractivity (Wildman–Crippen MR) is 138 cm³/mol. The molecule has 188 valence electrons. The van der Waals surface area contributed by atoms with E-state index in [0.29, 0.717) is 48.0 Å². The van der Waals surface area contributed by atoms with Gasteiger partial charge in [0.2, 0.25) is 0 Å². The topological polar surface area (TPSA) is 75.6 Å². The fraction of sp³-hybridized carbons (Fsp3) is 0.393. The van der Waals surface area contributed by atoms with Crippen LogP contribution in [0.3, 0.4) is 0 Å². The molecule has 1 fully saturated rings. The molecular formula is C28H29ClFN3O3. The molecule has 1 aliphatic heterocycles. The highest BCUT2D eigenvalue weighted by molar-refractivity contribution is 6.32. The molecule has 0 radical (unpaired) electrons. The second-order valence-electron chi connectivity index (χ2n) is 9.29. The highest BCUT2D eigenvalue weighted by Gasteiger charge is 2.37. The number of carbonyl (C=O) groups is 1. The van der Waals surface area contributed by atoms with Crippen LogP contribution in [0.4, 0.5) is 4.39 Å². The van der Waals surface area contributed by atoms with E-state index >= 15 is 4.39 Å². The number of aromatic nitrogens is 2. The highest BCUT2D eigenvalue weighted by Crippen LogP contribution is 2.44. The Morgan fingerprint density at radius 2 is 2.03 bits per heavy atom. The second kappa shape index (κ2) is 11.7. The van der Waals surface area contributed by atoms with Gasteiger partial charge in [-0.1, -0.05) is 23.4 Å². The summed E-state index contributed by atoms with van der Waals surface area (Å²) in [6.07, 6.45) is 5.58. The SMILES string of the molecule is COc1ccc2ncc(Cl)c(C(F)CCC3(CC(=O)O)CCN(CC#Cc4ccncc4)CC3)c2c1. The molecule has 1 unspecified atom stereocenters. The van der Waals surface area contributed by atoms with Gasteiger partial charge in [-0.15, -0.1) is 0 Å². The van der Waals surface area contributed by atoms with Crippen molar-refractivity contribution in [2.45, 2.75) is 38.3 Å². The average Bonchev–Trinajstić information content (AvgIpc) is 2.88. The van der Waals surface area contributed by atoms with Crippen molar-refractivity contribution in [3.8, 4) is 17.6 Å². The maximum atomic E-state index is 15.7. The minimum Gasteiger partial charge on any atom is -0.497 e. The number of ether oxygens (including phenoxy) is 1. The normalized spacial score (nSPS) is 16.2. The third kappa shape index (κ3) is 6.31. The van der Waals surface area contributed by atoms with Crippen LogP contribution in [-0.4, -0.2) is 52.7 Å². The van der Waals surface area contributed by atoms with Gasteiger partial charge in [0.15, 0.2) is 0 Å². The number of aliphatic carboxylic acids is 1. The Kier molecular flexibility index (Phi) is 8.40. The molecule has 0 amide bonds. The molecular weight excluding hydrogens is 481 g/mol. The monoisotopic (exact) mass is 509 g/mol. The lowest BCUT2D eigenvalue weighted by molar-refractivity contribution is -0.141. The number of carboxylic acid groups (broad SMARTS) is 1. The quantitative estimate of drug-likeness (QED) is 0.393. The summed E-state index contributed by atoms with van der Waals surface area (Å²) in [6, 6.07) is 9.03. The van der Waals surface area contributed by atoms with Gasteiger partial charge in [-0.3, -0.25) is 19.7 Å². The van der Waals surface area contributed by atoms with Crippen molar-refractivity contribution in [2.75, 3.05) is 26.7 Å². The maximum Gasteiger partial charge on any atom is 0.303 e. The number of nitrogens with zero attached hydrogens (tertiary/aromatic N) is 3. The van der Waals surface area contributed by atoms with E-state index in [4.69, 9.17) is 16.3 Å². The molecule has 6 nitrogen and oxygen atoms in total. The Balaban J connectivity index is 1.43. The molecule has 2 aromatic heterocycles. The molecule has 3 heterocycles. The van der Waals surface area contributed by atoms with Crippen LogP contribution in [-0.2, 0) is 4.79 Å². The molecule has 1 atom stereocenters. The van der Waals surface area contributed by atoms with Crippen molar-refractivity contribution < 1.29 is 19.0 Å². The smallest absolute Gasteiger partial charge is 0.303 e. The summed E-state index contributed by atoms with van der Waals surface area (Å²) in [7, 11) is 1.55.